The third-order valence-electron chi connectivity index (χ3n) is 4.10. The largest absolute Gasteiger partial charge is 0.349 e. The summed E-state index contributed by atoms with van der Waals surface area (Å²) in [6, 6.07) is 5.98. The van der Waals surface area contributed by atoms with Crippen molar-refractivity contribution < 1.29 is 4.79 Å². The van der Waals surface area contributed by atoms with Gasteiger partial charge in [-0.1, -0.05) is 58.0 Å². The summed E-state index contributed by atoms with van der Waals surface area (Å²) in [5.74, 6) is 0.678. The molecule has 0 aromatic heterocycles. The summed E-state index contributed by atoms with van der Waals surface area (Å²) in [6.07, 6.45) is 7.46. The molecule has 1 aromatic carbocycles. The zero-order chi connectivity index (χ0) is 14.5. The molecule has 2 nitrogen and oxygen atoms in total. The molecule has 1 unspecified atom stereocenters. The molecular weight excluding hydrogens is 382 g/mol. The van der Waals surface area contributed by atoms with Gasteiger partial charge in [0.05, 0.1) is 0 Å². The van der Waals surface area contributed by atoms with Gasteiger partial charge in [0, 0.05) is 20.6 Å². The first-order chi connectivity index (χ1) is 9.60. The monoisotopic (exact) mass is 401 g/mol. The number of carbonyl (C=O) groups is 1. The molecule has 4 heteroatoms. The van der Waals surface area contributed by atoms with Crippen molar-refractivity contribution in [3.05, 3.63) is 32.7 Å². The Bertz CT molecular complexity index is 449. The number of carbonyl (C=O) groups excluding carboxylic acids is 1. The molecule has 2 rings (SSSR count). The highest BCUT2D eigenvalue weighted by molar-refractivity contribution is 9.11. The molecule has 0 spiro atoms. The number of amides is 1. The Labute approximate surface area is 138 Å². The van der Waals surface area contributed by atoms with Crippen LogP contribution in [0.15, 0.2) is 27.1 Å². The Morgan fingerprint density at radius 3 is 2.35 bits per heavy atom. The Balaban J connectivity index is 2.04. The highest BCUT2D eigenvalue weighted by Gasteiger charge is 2.24. The van der Waals surface area contributed by atoms with Crippen LogP contribution in [-0.2, 0) is 0 Å². The van der Waals surface area contributed by atoms with Crippen molar-refractivity contribution in [2.75, 3.05) is 0 Å². The van der Waals surface area contributed by atoms with Crippen LogP contribution in [0.1, 0.15) is 55.8 Å². The first-order valence-electron chi connectivity index (χ1n) is 7.37. The van der Waals surface area contributed by atoms with Gasteiger partial charge in [0.2, 0.25) is 0 Å². The molecular formula is C16H21Br2NO. The molecule has 1 aliphatic rings. The van der Waals surface area contributed by atoms with E-state index >= 15 is 0 Å². The van der Waals surface area contributed by atoms with Gasteiger partial charge in [0.1, 0.15) is 0 Å². The summed E-state index contributed by atoms with van der Waals surface area (Å²) in [4.78, 5) is 12.4. The molecule has 110 valence electrons. The van der Waals surface area contributed by atoms with Gasteiger partial charge in [0.15, 0.2) is 0 Å². The van der Waals surface area contributed by atoms with Crippen LogP contribution in [0.5, 0.6) is 0 Å². The molecule has 1 aliphatic carbocycles. The third kappa shape index (κ3) is 4.32. The number of rotatable bonds is 4. The van der Waals surface area contributed by atoms with Gasteiger partial charge in [-0.05, 0) is 43.4 Å². The van der Waals surface area contributed by atoms with Gasteiger partial charge in [-0.2, -0.15) is 0 Å². The van der Waals surface area contributed by atoms with E-state index in [2.05, 4.69) is 44.1 Å². The Morgan fingerprint density at radius 2 is 1.80 bits per heavy atom. The fourth-order valence-corrected chi connectivity index (χ4v) is 4.32. The second kappa shape index (κ2) is 7.60. The minimum atomic E-state index is 0.0319. The molecule has 0 bridgehead atoms. The molecule has 1 aromatic rings. The predicted molar refractivity (Wildman–Crippen MR) is 90.0 cm³/mol. The van der Waals surface area contributed by atoms with Gasteiger partial charge >= 0.3 is 0 Å². The molecule has 1 N–H and O–H groups in total. The van der Waals surface area contributed by atoms with Crippen molar-refractivity contribution in [2.24, 2.45) is 5.92 Å². The molecule has 1 amide bonds. The molecule has 0 saturated heterocycles. The minimum absolute atomic E-state index is 0.0319. The molecule has 0 radical (unpaired) electrons. The molecule has 1 fully saturated rings. The van der Waals surface area contributed by atoms with Crippen LogP contribution < -0.4 is 5.32 Å². The van der Waals surface area contributed by atoms with E-state index in [-0.39, 0.29) is 5.91 Å². The normalized spacial score (nSPS) is 17.8. The SMILES string of the molecule is CCC(NC(=O)c1cc(Br)cc(Br)c1)C1CCCCC1. The smallest absolute Gasteiger partial charge is 0.251 e. The van der Waals surface area contributed by atoms with E-state index in [0.29, 0.717) is 17.5 Å². The number of halogens is 2. The van der Waals surface area contributed by atoms with Gasteiger partial charge in [-0.15, -0.1) is 0 Å². The molecule has 1 saturated carbocycles. The van der Waals surface area contributed by atoms with Crippen LogP contribution in [0.4, 0.5) is 0 Å². The number of nitrogens with one attached hydrogen (secondary N) is 1. The average molecular weight is 403 g/mol. The zero-order valence-electron chi connectivity index (χ0n) is 11.8. The lowest BCUT2D eigenvalue weighted by atomic mass is 9.83. The van der Waals surface area contributed by atoms with Crippen LogP contribution >= 0.6 is 31.9 Å². The Hall–Kier alpha value is -0.350. The molecule has 1 atom stereocenters. The highest BCUT2D eigenvalue weighted by Crippen LogP contribution is 2.28. The van der Waals surface area contributed by atoms with Gasteiger partial charge < -0.3 is 5.32 Å². The summed E-state index contributed by atoms with van der Waals surface area (Å²) >= 11 is 6.86. The predicted octanol–water partition coefficient (Wildman–Crippen LogP) is 5.30. The van der Waals surface area contributed by atoms with E-state index in [9.17, 15) is 4.79 Å². The summed E-state index contributed by atoms with van der Waals surface area (Å²) in [5.41, 5.74) is 0.709. The standard InChI is InChI=1S/C16H21Br2NO/c1-2-15(11-6-4-3-5-7-11)19-16(20)12-8-13(17)10-14(18)9-12/h8-11,15H,2-7H2,1H3,(H,19,20). The van der Waals surface area contributed by atoms with Gasteiger partial charge in [-0.25, -0.2) is 0 Å². The summed E-state index contributed by atoms with van der Waals surface area (Å²) in [5, 5.41) is 3.23. The van der Waals surface area contributed by atoms with Crippen molar-refractivity contribution in [1.82, 2.24) is 5.32 Å². The fraction of sp³-hybridized carbons (Fsp3) is 0.562. The lowest BCUT2D eigenvalue weighted by molar-refractivity contribution is 0.0911. The topological polar surface area (TPSA) is 29.1 Å². The summed E-state index contributed by atoms with van der Waals surface area (Å²) < 4.78 is 1.84. The van der Waals surface area contributed by atoms with E-state index in [1.54, 1.807) is 0 Å². The maximum absolute atomic E-state index is 12.4. The highest BCUT2D eigenvalue weighted by atomic mass is 79.9. The Kier molecular flexibility index (Phi) is 6.09. The van der Waals surface area contributed by atoms with E-state index < -0.39 is 0 Å². The quantitative estimate of drug-likeness (QED) is 0.727. The number of hydrogen-bond donors (Lipinski definition) is 1. The second-order valence-electron chi connectivity index (χ2n) is 5.54. The second-order valence-corrected chi connectivity index (χ2v) is 7.38. The van der Waals surface area contributed by atoms with E-state index in [4.69, 9.17) is 0 Å². The van der Waals surface area contributed by atoms with Crippen molar-refractivity contribution >= 4 is 37.8 Å². The first kappa shape index (κ1) is 16.0. The zero-order valence-corrected chi connectivity index (χ0v) is 15.0. The van der Waals surface area contributed by atoms with Gasteiger partial charge in [0.25, 0.3) is 5.91 Å². The van der Waals surface area contributed by atoms with Crippen molar-refractivity contribution in [1.29, 1.82) is 0 Å². The van der Waals surface area contributed by atoms with Crippen molar-refractivity contribution in [3.8, 4) is 0 Å². The van der Waals surface area contributed by atoms with Crippen LogP contribution in [0, 0.1) is 5.92 Å². The number of hydrogen-bond acceptors (Lipinski definition) is 1. The molecule has 0 aliphatic heterocycles. The average Bonchev–Trinajstić information content (AvgIpc) is 2.44. The minimum Gasteiger partial charge on any atom is -0.349 e. The van der Waals surface area contributed by atoms with E-state index in [0.717, 1.165) is 15.4 Å². The first-order valence-corrected chi connectivity index (χ1v) is 8.95. The molecule has 0 heterocycles. The van der Waals surface area contributed by atoms with Crippen LogP contribution in [0.3, 0.4) is 0 Å². The Morgan fingerprint density at radius 1 is 1.20 bits per heavy atom. The molecule has 20 heavy (non-hydrogen) atoms. The maximum atomic E-state index is 12.4. The van der Waals surface area contributed by atoms with Gasteiger partial charge in [-0.3, -0.25) is 4.79 Å². The van der Waals surface area contributed by atoms with Crippen LogP contribution in [0.25, 0.3) is 0 Å². The summed E-state index contributed by atoms with van der Waals surface area (Å²) in [7, 11) is 0. The van der Waals surface area contributed by atoms with Crippen LogP contribution in [0.2, 0.25) is 0 Å². The van der Waals surface area contributed by atoms with Crippen molar-refractivity contribution in [3.63, 3.8) is 0 Å². The lowest BCUT2D eigenvalue weighted by Gasteiger charge is -2.30. The van der Waals surface area contributed by atoms with Crippen molar-refractivity contribution in [2.45, 2.75) is 51.5 Å². The fourth-order valence-electron chi connectivity index (χ4n) is 3.03. The third-order valence-corrected chi connectivity index (χ3v) is 5.02. The van der Waals surface area contributed by atoms with E-state index in [1.165, 1.54) is 32.1 Å². The van der Waals surface area contributed by atoms with Crippen LogP contribution in [-0.4, -0.2) is 11.9 Å². The number of benzene rings is 1. The summed E-state index contributed by atoms with van der Waals surface area (Å²) in [6.45, 7) is 2.16. The van der Waals surface area contributed by atoms with E-state index in [1.807, 2.05) is 18.2 Å². The maximum Gasteiger partial charge on any atom is 0.251 e. The lowest BCUT2D eigenvalue weighted by Crippen LogP contribution is -2.40.